The highest BCUT2D eigenvalue weighted by Crippen LogP contribution is 2.50. The van der Waals surface area contributed by atoms with Crippen LogP contribution in [0.25, 0.3) is 0 Å². The van der Waals surface area contributed by atoms with E-state index in [1.165, 1.54) is 16.1 Å². The van der Waals surface area contributed by atoms with Crippen LogP contribution in [0.4, 0.5) is 0 Å². The molecule has 0 aromatic carbocycles. The standard InChI is InChI=1S/C11H16S/c1-6-7-11(5)9(3)8(2)10(4)12-11/h6H,1,4,7H2,2-3,5H3. The Labute approximate surface area is 79.4 Å². The van der Waals surface area contributed by atoms with E-state index < -0.39 is 0 Å². The molecular weight excluding hydrogens is 164 g/mol. The molecule has 1 aliphatic rings. The molecule has 12 heavy (non-hydrogen) atoms. The summed E-state index contributed by atoms with van der Waals surface area (Å²) in [5.41, 5.74) is 2.82. The molecule has 66 valence electrons. The highest BCUT2D eigenvalue weighted by molar-refractivity contribution is 8.05. The fourth-order valence-electron chi connectivity index (χ4n) is 1.50. The molecule has 1 rings (SSSR count). The van der Waals surface area contributed by atoms with Gasteiger partial charge < -0.3 is 0 Å². The van der Waals surface area contributed by atoms with E-state index in [9.17, 15) is 0 Å². The maximum Gasteiger partial charge on any atom is 0.0424 e. The van der Waals surface area contributed by atoms with Gasteiger partial charge in [0.15, 0.2) is 0 Å². The lowest BCUT2D eigenvalue weighted by Crippen LogP contribution is -2.17. The minimum atomic E-state index is 0.225. The maximum atomic E-state index is 4.03. The van der Waals surface area contributed by atoms with Gasteiger partial charge >= 0.3 is 0 Å². The van der Waals surface area contributed by atoms with E-state index in [0.29, 0.717) is 0 Å². The Balaban J connectivity index is 2.99. The van der Waals surface area contributed by atoms with Gasteiger partial charge in [0, 0.05) is 9.65 Å². The van der Waals surface area contributed by atoms with E-state index in [-0.39, 0.29) is 4.75 Å². The van der Waals surface area contributed by atoms with Gasteiger partial charge in [-0.05, 0) is 32.8 Å². The van der Waals surface area contributed by atoms with Crippen LogP contribution in [0, 0.1) is 0 Å². The molecule has 0 saturated carbocycles. The summed E-state index contributed by atoms with van der Waals surface area (Å²) < 4.78 is 0.225. The Bertz CT molecular complexity index is 260. The van der Waals surface area contributed by atoms with Crippen LogP contribution >= 0.6 is 11.8 Å². The van der Waals surface area contributed by atoms with Gasteiger partial charge in [0.05, 0.1) is 0 Å². The molecule has 1 heterocycles. The molecule has 1 aliphatic heterocycles. The summed E-state index contributed by atoms with van der Waals surface area (Å²) in [5.74, 6) is 0. The van der Waals surface area contributed by atoms with Gasteiger partial charge in [-0.1, -0.05) is 18.2 Å². The van der Waals surface area contributed by atoms with Crippen LogP contribution in [-0.4, -0.2) is 4.75 Å². The number of thioether (sulfide) groups is 1. The van der Waals surface area contributed by atoms with Gasteiger partial charge in [-0.3, -0.25) is 0 Å². The molecule has 0 nitrogen and oxygen atoms in total. The van der Waals surface area contributed by atoms with Crippen molar-refractivity contribution in [3.63, 3.8) is 0 Å². The Morgan fingerprint density at radius 2 is 2.08 bits per heavy atom. The van der Waals surface area contributed by atoms with Gasteiger partial charge in [0.2, 0.25) is 0 Å². The second-order valence-corrected chi connectivity index (χ2v) is 5.10. The minimum absolute atomic E-state index is 0.225. The number of rotatable bonds is 2. The van der Waals surface area contributed by atoms with Gasteiger partial charge in [-0.25, -0.2) is 0 Å². The van der Waals surface area contributed by atoms with Crippen molar-refractivity contribution in [2.24, 2.45) is 0 Å². The normalized spacial score (nSPS) is 29.8. The molecule has 0 bridgehead atoms. The second kappa shape index (κ2) is 3.14. The molecule has 0 radical (unpaired) electrons. The van der Waals surface area contributed by atoms with Crippen molar-refractivity contribution in [1.29, 1.82) is 0 Å². The van der Waals surface area contributed by atoms with E-state index in [1.807, 2.05) is 17.8 Å². The maximum absolute atomic E-state index is 4.03. The summed E-state index contributed by atoms with van der Waals surface area (Å²) in [6.45, 7) is 14.4. The first kappa shape index (κ1) is 9.66. The van der Waals surface area contributed by atoms with Crippen LogP contribution in [0.2, 0.25) is 0 Å². The third kappa shape index (κ3) is 1.38. The van der Waals surface area contributed by atoms with Crippen LogP contribution in [0.5, 0.6) is 0 Å². The van der Waals surface area contributed by atoms with Crippen molar-refractivity contribution in [3.05, 3.63) is 35.3 Å². The summed E-state index contributed by atoms with van der Waals surface area (Å²) in [6, 6.07) is 0. The summed E-state index contributed by atoms with van der Waals surface area (Å²) in [7, 11) is 0. The smallest absolute Gasteiger partial charge is 0.0424 e. The number of allylic oxidation sites excluding steroid dienone is 2. The molecular formula is C11H16S. The zero-order chi connectivity index (χ0) is 9.35. The van der Waals surface area contributed by atoms with Gasteiger partial charge in [-0.15, -0.1) is 18.3 Å². The lowest BCUT2D eigenvalue weighted by atomic mass is 9.94. The summed E-state index contributed by atoms with van der Waals surface area (Å²) in [5, 5.41) is 0. The zero-order valence-corrected chi connectivity index (χ0v) is 8.92. The van der Waals surface area contributed by atoms with Crippen LogP contribution in [-0.2, 0) is 0 Å². The van der Waals surface area contributed by atoms with Crippen LogP contribution < -0.4 is 0 Å². The summed E-state index contributed by atoms with van der Waals surface area (Å²) in [6.07, 6.45) is 3.02. The SMILES string of the molecule is C=CCC1(C)SC(=C)C(C)=C1C. The Hall–Kier alpha value is -0.430. The largest absolute Gasteiger partial charge is 0.115 e. The summed E-state index contributed by atoms with van der Waals surface area (Å²) in [4.78, 5) is 1.22. The molecule has 0 aromatic heterocycles. The zero-order valence-electron chi connectivity index (χ0n) is 8.11. The first-order valence-electron chi connectivity index (χ1n) is 4.18. The fourth-order valence-corrected chi connectivity index (χ4v) is 2.86. The van der Waals surface area contributed by atoms with Crippen LogP contribution in [0.15, 0.2) is 35.3 Å². The molecule has 0 aromatic rings. The molecule has 0 amide bonds. The molecule has 0 N–H and O–H groups in total. The highest BCUT2D eigenvalue weighted by Gasteiger charge is 2.34. The van der Waals surface area contributed by atoms with E-state index in [0.717, 1.165) is 6.42 Å². The molecule has 0 saturated heterocycles. The topological polar surface area (TPSA) is 0 Å². The van der Waals surface area contributed by atoms with E-state index in [4.69, 9.17) is 0 Å². The monoisotopic (exact) mass is 180 g/mol. The minimum Gasteiger partial charge on any atom is -0.115 e. The predicted octanol–water partition coefficient (Wildman–Crippen LogP) is 3.92. The first-order valence-corrected chi connectivity index (χ1v) is 5.00. The third-order valence-electron chi connectivity index (χ3n) is 2.66. The predicted molar refractivity (Wildman–Crippen MR) is 58.3 cm³/mol. The van der Waals surface area contributed by atoms with E-state index in [1.54, 1.807) is 0 Å². The lowest BCUT2D eigenvalue weighted by Gasteiger charge is -2.23. The van der Waals surface area contributed by atoms with Crippen molar-refractivity contribution in [2.75, 3.05) is 0 Å². The quantitative estimate of drug-likeness (QED) is 0.580. The fraction of sp³-hybridized carbons (Fsp3) is 0.455. The molecule has 1 atom stereocenters. The van der Waals surface area contributed by atoms with Crippen molar-refractivity contribution >= 4 is 11.8 Å². The molecule has 0 spiro atoms. The Kier molecular flexibility index (Phi) is 2.52. The highest BCUT2D eigenvalue weighted by atomic mass is 32.2. The average Bonchev–Trinajstić information content (AvgIpc) is 2.17. The van der Waals surface area contributed by atoms with Crippen molar-refractivity contribution < 1.29 is 0 Å². The molecule has 0 fully saturated rings. The molecule has 0 aliphatic carbocycles. The Morgan fingerprint density at radius 1 is 1.50 bits per heavy atom. The summed E-state index contributed by atoms with van der Waals surface area (Å²) >= 11 is 1.87. The average molecular weight is 180 g/mol. The lowest BCUT2D eigenvalue weighted by molar-refractivity contribution is 0.761. The second-order valence-electron chi connectivity index (χ2n) is 3.50. The van der Waals surface area contributed by atoms with E-state index in [2.05, 4.69) is 33.9 Å². The van der Waals surface area contributed by atoms with Gasteiger partial charge in [0.1, 0.15) is 0 Å². The van der Waals surface area contributed by atoms with Gasteiger partial charge in [-0.2, -0.15) is 0 Å². The van der Waals surface area contributed by atoms with Gasteiger partial charge in [0.25, 0.3) is 0 Å². The van der Waals surface area contributed by atoms with Crippen LogP contribution in [0.1, 0.15) is 27.2 Å². The number of hydrogen-bond acceptors (Lipinski definition) is 1. The van der Waals surface area contributed by atoms with Crippen molar-refractivity contribution in [2.45, 2.75) is 31.9 Å². The molecule has 1 unspecified atom stereocenters. The number of hydrogen-bond donors (Lipinski definition) is 0. The third-order valence-corrected chi connectivity index (χ3v) is 4.13. The Morgan fingerprint density at radius 3 is 2.42 bits per heavy atom. The molecule has 1 heteroatoms. The van der Waals surface area contributed by atoms with Crippen molar-refractivity contribution in [1.82, 2.24) is 0 Å². The van der Waals surface area contributed by atoms with Crippen LogP contribution in [0.3, 0.4) is 0 Å². The first-order chi connectivity index (χ1) is 5.51. The van der Waals surface area contributed by atoms with E-state index >= 15 is 0 Å². The van der Waals surface area contributed by atoms with Crippen molar-refractivity contribution in [3.8, 4) is 0 Å².